The molecule has 1 spiro atoms. The van der Waals surface area contributed by atoms with Crippen LogP contribution in [0.25, 0.3) is 6.08 Å². The third kappa shape index (κ3) is 4.37. The second-order valence-corrected chi connectivity index (χ2v) is 9.22. The van der Waals surface area contributed by atoms with E-state index in [1.165, 1.54) is 18.2 Å². The van der Waals surface area contributed by atoms with Crippen LogP contribution in [0.15, 0.2) is 84.9 Å². The first kappa shape index (κ1) is 23.0. The maximum Gasteiger partial charge on any atom is 0.251 e. The van der Waals surface area contributed by atoms with Crippen molar-refractivity contribution in [2.75, 3.05) is 13.1 Å². The van der Waals surface area contributed by atoms with Crippen LogP contribution in [-0.2, 0) is 10.2 Å². The topological polar surface area (TPSA) is 69.6 Å². The number of aliphatic hydroxyl groups excluding tert-OH is 1. The van der Waals surface area contributed by atoms with E-state index in [1.54, 1.807) is 35.2 Å². The summed E-state index contributed by atoms with van der Waals surface area (Å²) < 4.78 is 13.1. The van der Waals surface area contributed by atoms with Crippen LogP contribution in [0, 0.1) is 5.82 Å². The highest BCUT2D eigenvalue weighted by molar-refractivity contribution is 5.94. The van der Waals surface area contributed by atoms with Crippen LogP contribution < -0.4 is 5.32 Å². The Balaban J connectivity index is 1.31. The van der Waals surface area contributed by atoms with Gasteiger partial charge in [-0.1, -0.05) is 54.6 Å². The number of benzene rings is 3. The number of likely N-dealkylation sites (tertiary alicyclic amines) is 1. The lowest BCUT2D eigenvalue weighted by Crippen LogP contribution is -2.50. The molecular formula is C29H27FN2O3. The van der Waals surface area contributed by atoms with Crippen LogP contribution in [0.5, 0.6) is 0 Å². The van der Waals surface area contributed by atoms with E-state index in [1.807, 2.05) is 42.5 Å². The predicted octanol–water partition coefficient (Wildman–Crippen LogP) is 4.24. The Hall–Kier alpha value is -3.77. The molecule has 3 aromatic rings. The van der Waals surface area contributed by atoms with Crippen molar-refractivity contribution in [1.82, 2.24) is 10.2 Å². The molecule has 2 N–H and O–H groups in total. The monoisotopic (exact) mass is 470 g/mol. The summed E-state index contributed by atoms with van der Waals surface area (Å²) in [6.45, 7) is 0.995. The molecule has 2 atom stereocenters. The van der Waals surface area contributed by atoms with Crippen molar-refractivity contribution in [2.24, 2.45) is 0 Å². The van der Waals surface area contributed by atoms with E-state index in [2.05, 4.69) is 5.32 Å². The summed E-state index contributed by atoms with van der Waals surface area (Å²) in [5.74, 6) is -0.651. The van der Waals surface area contributed by atoms with Gasteiger partial charge in [0.1, 0.15) is 5.82 Å². The lowest BCUT2D eigenvalue weighted by Gasteiger charge is -2.42. The number of amides is 2. The average molecular weight is 471 g/mol. The summed E-state index contributed by atoms with van der Waals surface area (Å²) in [5.41, 5.74) is 2.75. The number of rotatable bonds is 4. The van der Waals surface area contributed by atoms with Gasteiger partial charge in [-0.25, -0.2) is 4.39 Å². The number of nitrogens with one attached hydrogen (secondary N) is 1. The van der Waals surface area contributed by atoms with Gasteiger partial charge in [-0.3, -0.25) is 9.59 Å². The number of nitrogens with zero attached hydrogens (tertiary/aromatic N) is 1. The van der Waals surface area contributed by atoms with Gasteiger partial charge >= 0.3 is 0 Å². The number of hydrogen-bond donors (Lipinski definition) is 2. The molecule has 5 rings (SSSR count). The smallest absolute Gasteiger partial charge is 0.251 e. The van der Waals surface area contributed by atoms with E-state index in [-0.39, 0.29) is 17.6 Å². The van der Waals surface area contributed by atoms with Crippen molar-refractivity contribution in [2.45, 2.75) is 30.4 Å². The second-order valence-electron chi connectivity index (χ2n) is 9.22. The van der Waals surface area contributed by atoms with Crippen molar-refractivity contribution in [1.29, 1.82) is 0 Å². The summed E-state index contributed by atoms with van der Waals surface area (Å²) in [4.78, 5) is 27.4. The maximum absolute atomic E-state index is 13.1. The Bertz CT molecular complexity index is 1250. The number of halogens is 1. The zero-order valence-electron chi connectivity index (χ0n) is 19.2. The van der Waals surface area contributed by atoms with Gasteiger partial charge in [-0.2, -0.15) is 0 Å². The summed E-state index contributed by atoms with van der Waals surface area (Å²) in [6, 6.07) is 22.3. The first-order valence-electron chi connectivity index (χ1n) is 11.8. The Morgan fingerprint density at radius 1 is 0.943 bits per heavy atom. The van der Waals surface area contributed by atoms with Crippen LogP contribution >= 0.6 is 0 Å². The molecule has 0 bridgehead atoms. The second kappa shape index (κ2) is 9.47. The minimum atomic E-state index is -0.792. The molecule has 1 aliphatic heterocycles. The van der Waals surface area contributed by atoms with Gasteiger partial charge in [-0.05, 0) is 59.9 Å². The van der Waals surface area contributed by atoms with Crippen molar-refractivity contribution in [3.8, 4) is 0 Å². The van der Waals surface area contributed by atoms with Crippen molar-refractivity contribution in [3.63, 3.8) is 0 Å². The molecule has 2 amide bonds. The fraction of sp³-hybridized carbons (Fsp3) is 0.241. The molecular weight excluding hydrogens is 443 g/mol. The van der Waals surface area contributed by atoms with Crippen molar-refractivity contribution in [3.05, 3.63) is 113 Å². The molecule has 6 heteroatoms. The van der Waals surface area contributed by atoms with Gasteiger partial charge in [0.15, 0.2) is 0 Å². The molecule has 1 heterocycles. The standard InChI is InChI=1S/C29H27FN2O3/c30-22-13-10-20(11-14-22)12-15-25(33)32-18-16-29(17-19-32)24-9-5-4-8-23(24)26(27(29)34)31-28(35)21-6-2-1-3-7-21/h1-15,26-27,34H,16-19H2,(H,31,35)/b15-12+/t26-,27+/m1/s1. The zero-order chi connectivity index (χ0) is 24.4. The third-order valence-corrected chi connectivity index (χ3v) is 7.29. The average Bonchev–Trinajstić information content (AvgIpc) is 3.12. The molecule has 1 fully saturated rings. The fourth-order valence-corrected chi connectivity index (χ4v) is 5.38. The van der Waals surface area contributed by atoms with Gasteiger partial charge in [0.25, 0.3) is 5.91 Å². The number of piperidine rings is 1. The van der Waals surface area contributed by atoms with Crippen LogP contribution in [0.2, 0.25) is 0 Å². The normalized spacial score (nSPS) is 20.7. The number of fused-ring (bicyclic) bond motifs is 2. The lowest BCUT2D eigenvalue weighted by molar-refractivity contribution is -0.128. The van der Waals surface area contributed by atoms with Gasteiger partial charge in [-0.15, -0.1) is 0 Å². The Kier molecular flexibility index (Phi) is 6.22. The fourth-order valence-electron chi connectivity index (χ4n) is 5.38. The van der Waals surface area contributed by atoms with E-state index in [0.29, 0.717) is 31.5 Å². The number of carbonyl (C=O) groups excluding carboxylic acids is 2. The van der Waals surface area contributed by atoms with E-state index >= 15 is 0 Å². The molecule has 1 aliphatic carbocycles. The highest BCUT2D eigenvalue weighted by atomic mass is 19.1. The van der Waals surface area contributed by atoms with Crippen molar-refractivity contribution >= 4 is 17.9 Å². The Labute approximate surface area is 203 Å². The molecule has 0 unspecified atom stereocenters. The zero-order valence-corrected chi connectivity index (χ0v) is 19.2. The summed E-state index contributed by atoms with van der Waals surface area (Å²) >= 11 is 0. The summed E-state index contributed by atoms with van der Waals surface area (Å²) in [5, 5.41) is 14.6. The van der Waals surface area contributed by atoms with E-state index < -0.39 is 17.6 Å². The minimum Gasteiger partial charge on any atom is -0.390 e. The maximum atomic E-state index is 13.1. The van der Waals surface area contributed by atoms with E-state index in [0.717, 1.165) is 16.7 Å². The molecule has 178 valence electrons. The van der Waals surface area contributed by atoms with Crippen molar-refractivity contribution < 1.29 is 19.1 Å². The van der Waals surface area contributed by atoms with Crippen LogP contribution in [-0.4, -0.2) is 41.0 Å². The SMILES string of the molecule is O=C(N[C@@H]1c2ccccc2C2(CCN(C(=O)/C=C/c3ccc(F)cc3)CC2)[C@H]1O)c1ccccc1. The Morgan fingerprint density at radius 2 is 1.60 bits per heavy atom. The molecule has 0 saturated carbocycles. The molecule has 0 aromatic heterocycles. The molecule has 3 aromatic carbocycles. The largest absolute Gasteiger partial charge is 0.390 e. The minimum absolute atomic E-state index is 0.112. The number of aliphatic hydroxyl groups is 1. The van der Waals surface area contributed by atoms with E-state index in [9.17, 15) is 19.1 Å². The molecule has 0 radical (unpaired) electrons. The van der Waals surface area contributed by atoms with Crippen LogP contribution in [0.1, 0.15) is 45.9 Å². The number of carbonyl (C=O) groups is 2. The highest BCUT2D eigenvalue weighted by Crippen LogP contribution is 2.51. The Morgan fingerprint density at radius 3 is 2.31 bits per heavy atom. The predicted molar refractivity (Wildman–Crippen MR) is 132 cm³/mol. The van der Waals surface area contributed by atoms with Crippen LogP contribution in [0.4, 0.5) is 4.39 Å². The van der Waals surface area contributed by atoms with Gasteiger partial charge < -0.3 is 15.3 Å². The lowest BCUT2D eigenvalue weighted by atomic mass is 9.72. The van der Waals surface area contributed by atoms with Gasteiger partial charge in [0, 0.05) is 30.1 Å². The third-order valence-electron chi connectivity index (χ3n) is 7.29. The first-order chi connectivity index (χ1) is 17.0. The molecule has 5 nitrogen and oxygen atoms in total. The van der Waals surface area contributed by atoms with E-state index in [4.69, 9.17) is 0 Å². The van der Waals surface area contributed by atoms with Gasteiger partial charge in [0.2, 0.25) is 5.91 Å². The summed E-state index contributed by atoms with van der Waals surface area (Å²) in [6.07, 6.45) is 3.59. The molecule has 1 saturated heterocycles. The van der Waals surface area contributed by atoms with Gasteiger partial charge in [0.05, 0.1) is 12.1 Å². The van der Waals surface area contributed by atoms with Crippen LogP contribution in [0.3, 0.4) is 0 Å². The molecule has 2 aliphatic rings. The highest BCUT2D eigenvalue weighted by Gasteiger charge is 2.53. The first-order valence-corrected chi connectivity index (χ1v) is 11.8. The summed E-state index contributed by atoms with van der Waals surface area (Å²) in [7, 11) is 0. The molecule has 35 heavy (non-hydrogen) atoms. The number of hydrogen-bond acceptors (Lipinski definition) is 3. The quantitative estimate of drug-likeness (QED) is 0.561.